The number of carbonyl (C=O) groups excluding carboxylic acids is 1. The highest BCUT2D eigenvalue weighted by atomic mass is 32.1. The molecule has 20 heavy (non-hydrogen) atoms. The van der Waals surface area contributed by atoms with Crippen molar-refractivity contribution in [3.8, 4) is 11.5 Å². The van der Waals surface area contributed by atoms with Gasteiger partial charge in [-0.15, -0.1) is 11.3 Å². The molecule has 0 spiro atoms. The minimum atomic E-state index is -0.219. The summed E-state index contributed by atoms with van der Waals surface area (Å²) in [5, 5.41) is 5.23. The number of thiazole rings is 1. The first kappa shape index (κ1) is 14.3. The van der Waals surface area contributed by atoms with Gasteiger partial charge < -0.3 is 9.47 Å². The lowest BCUT2D eigenvalue weighted by Gasteiger charge is -2.10. The fraction of sp³-hybridized carbons (Fsp3) is 0.286. The Labute approximate surface area is 121 Å². The maximum atomic E-state index is 12.1. The predicted molar refractivity (Wildman–Crippen MR) is 79.0 cm³/mol. The standard InChI is InChI=1S/C14H16N2O3S/c1-4-19-12-7-10(5-6-11(12)18-3)13(17)16-14-15-9(2)8-20-14/h5-8H,4H2,1-3H3,(H,15,16,17). The van der Waals surface area contributed by atoms with Crippen LogP contribution in [0.2, 0.25) is 0 Å². The highest BCUT2D eigenvalue weighted by Crippen LogP contribution is 2.28. The highest BCUT2D eigenvalue weighted by Gasteiger charge is 2.12. The molecule has 2 aromatic rings. The van der Waals surface area contributed by atoms with Gasteiger partial charge in [0.1, 0.15) is 0 Å². The zero-order valence-corrected chi connectivity index (χ0v) is 12.4. The summed E-state index contributed by atoms with van der Waals surface area (Å²) in [7, 11) is 1.57. The molecule has 6 heteroatoms. The van der Waals surface area contributed by atoms with Gasteiger partial charge in [0.05, 0.1) is 19.4 Å². The van der Waals surface area contributed by atoms with Gasteiger partial charge in [-0.05, 0) is 32.0 Å². The number of carbonyl (C=O) groups is 1. The molecule has 5 nitrogen and oxygen atoms in total. The molecule has 0 unspecified atom stereocenters. The van der Waals surface area contributed by atoms with Crippen LogP contribution in [0.3, 0.4) is 0 Å². The maximum Gasteiger partial charge on any atom is 0.257 e. The van der Waals surface area contributed by atoms with Crippen LogP contribution in [0.1, 0.15) is 23.0 Å². The summed E-state index contributed by atoms with van der Waals surface area (Å²) in [6.07, 6.45) is 0. The summed E-state index contributed by atoms with van der Waals surface area (Å²) in [4.78, 5) is 16.3. The number of rotatable bonds is 5. The largest absolute Gasteiger partial charge is 0.493 e. The topological polar surface area (TPSA) is 60.5 Å². The van der Waals surface area contributed by atoms with Gasteiger partial charge in [-0.2, -0.15) is 0 Å². The lowest BCUT2D eigenvalue weighted by Crippen LogP contribution is -2.12. The lowest BCUT2D eigenvalue weighted by molar-refractivity contribution is 0.102. The number of nitrogens with zero attached hydrogens (tertiary/aromatic N) is 1. The third-order valence-electron chi connectivity index (χ3n) is 2.57. The first-order valence-electron chi connectivity index (χ1n) is 6.18. The number of hydrogen-bond acceptors (Lipinski definition) is 5. The number of hydrogen-bond donors (Lipinski definition) is 1. The Kier molecular flexibility index (Phi) is 4.57. The maximum absolute atomic E-state index is 12.1. The molecule has 2 rings (SSSR count). The van der Waals surface area contributed by atoms with Gasteiger partial charge in [0.15, 0.2) is 16.6 Å². The van der Waals surface area contributed by atoms with Crippen molar-refractivity contribution in [3.63, 3.8) is 0 Å². The summed E-state index contributed by atoms with van der Waals surface area (Å²) in [6.45, 7) is 4.27. The highest BCUT2D eigenvalue weighted by molar-refractivity contribution is 7.13. The van der Waals surface area contributed by atoms with Crippen LogP contribution in [0.25, 0.3) is 0 Å². The number of anilines is 1. The molecule has 1 N–H and O–H groups in total. The summed E-state index contributed by atoms with van der Waals surface area (Å²) in [5.74, 6) is 0.939. The smallest absolute Gasteiger partial charge is 0.257 e. The number of nitrogens with one attached hydrogen (secondary N) is 1. The molecule has 0 aliphatic heterocycles. The third kappa shape index (κ3) is 3.27. The second-order valence-electron chi connectivity index (χ2n) is 4.05. The molecule has 106 valence electrons. The van der Waals surface area contributed by atoms with Gasteiger partial charge in [0.25, 0.3) is 5.91 Å². The Hall–Kier alpha value is -2.08. The molecule has 0 saturated carbocycles. The van der Waals surface area contributed by atoms with Gasteiger partial charge >= 0.3 is 0 Å². The van der Waals surface area contributed by atoms with E-state index in [1.54, 1.807) is 25.3 Å². The molecule has 0 fully saturated rings. The van der Waals surface area contributed by atoms with E-state index in [4.69, 9.17) is 9.47 Å². The van der Waals surface area contributed by atoms with Gasteiger partial charge in [0, 0.05) is 10.9 Å². The van der Waals surface area contributed by atoms with E-state index in [0.717, 1.165) is 5.69 Å². The predicted octanol–water partition coefficient (Wildman–Crippen LogP) is 3.11. The summed E-state index contributed by atoms with van der Waals surface area (Å²) < 4.78 is 10.6. The van der Waals surface area contributed by atoms with Crippen molar-refractivity contribution in [2.75, 3.05) is 19.0 Å². The molecule has 1 amide bonds. The zero-order chi connectivity index (χ0) is 14.5. The van der Waals surface area contributed by atoms with E-state index in [1.807, 2.05) is 19.2 Å². The normalized spacial score (nSPS) is 10.2. The van der Waals surface area contributed by atoms with Crippen molar-refractivity contribution < 1.29 is 14.3 Å². The van der Waals surface area contributed by atoms with Gasteiger partial charge in [-0.25, -0.2) is 4.98 Å². The molecule has 1 heterocycles. The number of amides is 1. The van der Waals surface area contributed by atoms with Gasteiger partial charge in [-0.1, -0.05) is 0 Å². The van der Waals surface area contributed by atoms with Crippen LogP contribution in [0, 0.1) is 6.92 Å². The van der Waals surface area contributed by atoms with Crippen molar-refractivity contribution in [2.45, 2.75) is 13.8 Å². The van der Waals surface area contributed by atoms with Crippen molar-refractivity contribution in [1.29, 1.82) is 0 Å². The van der Waals surface area contributed by atoms with Crippen LogP contribution < -0.4 is 14.8 Å². The van der Waals surface area contributed by atoms with E-state index in [2.05, 4.69) is 10.3 Å². The Balaban J connectivity index is 2.19. The van der Waals surface area contributed by atoms with Crippen LogP contribution >= 0.6 is 11.3 Å². The molecule has 0 radical (unpaired) electrons. The van der Waals surface area contributed by atoms with E-state index in [1.165, 1.54) is 11.3 Å². The quantitative estimate of drug-likeness (QED) is 0.920. The van der Waals surface area contributed by atoms with E-state index < -0.39 is 0 Å². The Bertz CT molecular complexity index is 610. The Morgan fingerprint density at radius 3 is 2.80 bits per heavy atom. The SMILES string of the molecule is CCOc1cc(C(=O)Nc2nc(C)cs2)ccc1OC. The molecule has 1 aromatic heterocycles. The third-order valence-corrected chi connectivity index (χ3v) is 3.44. The van der Waals surface area contributed by atoms with Gasteiger partial charge in [0.2, 0.25) is 0 Å². The van der Waals surface area contributed by atoms with E-state index in [0.29, 0.717) is 28.8 Å². The minimum absolute atomic E-state index is 0.219. The first-order chi connectivity index (χ1) is 9.63. The average Bonchev–Trinajstić information content (AvgIpc) is 2.84. The number of methoxy groups -OCH3 is 1. The minimum Gasteiger partial charge on any atom is -0.493 e. The summed E-state index contributed by atoms with van der Waals surface area (Å²) >= 11 is 1.40. The number of ether oxygens (including phenoxy) is 2. The van der Waals surface area contributed by atoms with Crippen molar-refractivity contribution in [2.24, 2.45) is 0 Å². The van der Waals surface area contributed by atoms with E-state index in [-0.39, 0.29) is 5.91 Å². The first-order valence-corrected chi connectivity index (χ1v) is 7.06. The van der Waals surface area contributed by atoms with Crippen LogP contribution in [-0.4, -0.2) is 24.6 Å². The molecular weight excluding hydrogens is 276 g/mol. The van der Waals surface area contributed by atoms with E-state index in [9.17, 15) is 4.79 Å². The van der Waals surface area contributed by atoms with E-state index >= 15 is 0 Å². The van der Waals surface area contributed by atoms with Crippen LogP contribution in [0.4, 0.5) is 5.13 Å². The summed E-state index contributed by atoms with van der Waals surface area (Å²) in [6, 6.07) is 5.07. The zero-order valence-electron chi connectivity index (χ0n) is 11.6. The second kappa shape index (κ2) is 6.38. The second-order valence-corrected chi connectivity index (χ2v) is 4.90. The molecule has 0 aliphatic rings. The Morgan fingerprint density at radius 2 is 2.20 bits per heavy atom. The number of aryl methyl sites for hydroxylation is 1. The fourth-order valence-electron chi connectivity index (χ4n) is 1.67. The molecule has 0 atom stereocenters. The summed E-state index contributed by atoms with van der Waals surface area (Å²) in [5.41, 5.74) is 1.39. The average molecular weight is 292 g/mol. The molecule has 0 aliphatic carbocycles. The number of benzene rings is 1. The molecule has 0 bridgehead atoms. The van der Waals surface area contributed by atoms with Crippen molar-refractivity contribution in [1.82, 2.24) is 4.98 Å². The molecule has 0 saturated heterocycles. The van der Waals surface area contributed by atoms with Crippen LogP contribution in [0.5, 0.6) is 11.5 Å². The molecular formula is C14H16N2O3S. The monoisotopic (exact) mass is 292 g/mol. The van der Waals surface area contributed by atoms with Crippen LogP contribution in [0.15, 0.2) is 23.6 Å². The van der Waals surface area contributed by atoms with Crippen molar-refractivity contribution in [3.05, 3.63) is 34.8 Å². The molecule has 1 aromatic carbocycles. The number of aromatic nitrogens is 1. The Morgan fingerprint density at radius 1 is 1.40 bits per heavy atom. The van der Waals surface area contributed by atoms with Crippen molar-refractivity contribution >= 4 is 22.4 Å². The fourth-order valence-corrected chi connectivity index (χ4v) is 2.35. The van der Waals surface area contributed by atoms with Crippen LogP contribution in [-0.2, 0) is 0 Å². The lowest BCUT2D eigenvalue weighted by atomic mass is 10.2. The van der Waals surface area contributed by atoms with Gasteiger partial charge in [-0.3, -0.25) is 10.1 Å².